The smallest absolute Gasteiger partial charge is 0.344 e. The monoisotopic (exact) mass is 626 g/mol. The molecule has 236 valence electrons. The zero-order valence-corrected chi connectivity index (χ0v) is 26.3. The number of fused-ring (bicyclic) bond motifs is 1. The molecule has 0 heterocycles. The zero-order chi connectivity index (χ0) is 33.2. The molecular formula is C38H34N4O5. The van der Waals surface area contributed by atoms with E-state index in [2.05, 4.69) is 15.8 Å². The standard InChI is InChI=1S/C38H34N4O5/c1-4-46-35-24-27(19-22-34(35)47-38(45)32-16-10-14-28-11-8-9-15-31(28)32)25-39-41-37(44)33(40-36(43)29-12-6-5-7-13-29)23-26-17-20-30(21-18-26)42(2)3/h5-25H,4H2,1-3H3,(H,40,43)(H,41,44). The Kier molecular flexibility index (Phi) is 10.4. The first-order valence-electron chi connectivity index (χ1n) is 15.0. The summed E-state index contributed by atoms with van der Waals surface area (Å²) < 4.78 is 11.5. The highest BCUT2D eigenvalue weighted by Crippen LogP contribution is 2.30. The van der Waals surface area contributed by atoms with Gasteiger partial charge in [0.15, 0.2) is 11.5 Å². The summed E-state index contributed by atoms with van der Waals surface area (Å²) in [5.41, 5.74) is 5.64. The van der Waals surface area contributed by atoms with Crippen molar-refractivity contribution in [3.63, 3.8) is 0 Å². The van der Waals surface area contributed by atoms with E-state index in [1.165, 1.54) is 6.21 Å². The fourth-order valence-corrected chi connectivity index (χ4v) is 4.72. The summed E-state index contributed by atoms with van der Waals surface area (Å²) in [4.78, 5) is 41.3. The van der Waals surface area contributed by atoms with Crippen LogP contribution in [0.3, 0.4) is 0 Å². The Hall–Kier alpha value is -6.22. The van der Waals surface area contributed by atoms with Gasteiger partial charge in [-0.25, -0.2) is 10.2 Å². The molecule has 0 fully saturated rings. The highest BCUT2D eigenvalue weighted by Gasteiger charge is 2.17. The lowest BCUT2D eigenvalue weighted by molar-refractivity contribution is -0.117. The third-order valence-corrected chi connectivity index (χ3v) is 7.11. The second-order valence-electron chi connectivity index (χ2n) is 10.6. The van der Waals surface area contributed by atoms with Crippen molar-refractivity contribution in [2.75, 3.05) is 25.6 Å². The highest BCUT2D eigenvalue weighted by molar-refractivity contribution is 6.06. The highest BCUT2D eigenvalue weighted by atomic mass is 16.6. The second kappa shape index (κ2) is 15.2. The quantitative estimate of drug-likeness (QED) is 0.0574. The summed E-state index contributed by atoms with van der Waals surface area (Å²) in [6.45, 7) is 2.16. The minimum Gasteiger partial charge on any atom is -0.490 e. The van der Waals surface area contributed by atoms with E-state index >= 15 is 0 Å². The van der Waals surface area contributed by atoms with Crippen LogP contribution in [0.15, 0.2) is 126 Å². The average molecular weight is 627 g/mol. The number of rotatable bonds is 11. The van der Waals surface area contributed by atoms with Gasteiger partial charge in [-0.1, -0.05) is 66.7 Å². The number of carbonyl (C=O) groups excluding carboxylic acids is 3. The van der Waals surface area contributed by atoms with Crippen molar-refractivity contribution >= 4 is 46.5 Å². The van der Waals surface area contributed by atoms with Crippen molar-refractivity contribution in [2.45, 2.75) is 6.92 Å². The molecule has 47 heavy (non-hydrogen) atoms. The van der Waals surface area contributed by atoms with Gasteiger partial charge in [-0.2, -0.15) is 5.10 Å². The van der Waals surface area contributed by atoms with Crippen molar-refractivity contribution in [2.24, 2.45) is 5.10 Å². The maximum Gasteiger partial charge on any atom is 0.344 e. The van der Waals surface area contributed by atoms with Crippen LogP contribution in [0.4, 0.5) is 5.69 Å². The molecule has 0 aliphatic heterocycles. The zero-order valence-electron chi connectivity index (χ0n) is 26.3. The fraction of sp³-hybridized carbons (Fsp3) is 0.105. The average Bonchev–Trinajstić information content (AvgIpc) is 3.09. The number of hydrogen-bond acceptors (Lipinski definition) is 7. The van der Waals surface area contributed by atoms with Gasteiger partial charge in [-0.15, -0.1) is 0 Å². The minimum atomic E-state index is -0.618. The Bertz CT molecular complexity index is 1950. The van der Waals surface area contributed by atoms with Crippen molar-refractivity contribution < 1.29 is 23.9 Å². The summed E-state index contributed by atoms with van der Waals surface area (Å²) in [7, 11) is 3.87. The molecule has 2 N–H and O–H groups in total. The van der Waals surface area contributed by atoms with Gasteiger partial charge < -0.3 is 19.7 Å². The summed E-state index contributed by atoms with van der Waals surface area (Å²) in [5.74, 6) is -0.971. The number of carbonyl (C=O) groups is 3. The Morgan fingerprint density at radius 2 is 1.49 bits per heavy atom. The Labute approximate surface area is 273 Å². The van der Waals surface area contributed by atoms with E-state index < -0.39 is 17.8 Å². The third kappa shape index (κ3) is 8.29. The predicted molar refractivity (Wildman–Crippen MR) is 185 cm³/mol. The van der Waals surface area contributed by atoms with Crippen LogP contribution in [-0.2, 0) is 4.79 Å². The third-order valence-electron chi connectivity index (χ3n) is 7.11. The molecular weight excluding hydrogens is 592 g/mol. The first-order chi connectivity index (χ1) is 22.8. The van der Waals surface area contributed by atoms with Gasteiger partial charge in [-0.05, 0) is 83.4 Å². The van der Waals surface area contributed by atoms with Crippen LogP contribution in [0.5, 0.6) is 11.5 Å². The molecule has 0 radical (unpaired) electrons. The lowest BCUT2D eigenvalue weighted by atomic mass is 10.0. The normalized spacial score (nSPS) is 11.3. The number of amides is 2. The van der Waals surface area contributed by atoms with E-state index in [1.807, 2.05) is 86.6 Å². The topological polar surface area (TPSA) is 109 Å². The molecule has 0 aromatic heterocycles. The lowest BCUT2D eigenvalue weighted by Crippen LogP contribution is -2.32. The van der Waals surface area contributed by atoms with Crippen LogP contribution in [0.1, 0.15) is 38.8 Å². The molecule has 0 aliphatic rings. The van der Waals surface area contributed by atoms with Crippen LogP contribution in [0.25, 0.3) is 16.8 Å². The summed E-state index contributed by atoms with van der Waals surface area (Å²) in [6.07, 6.45) is 3.01. The number of benzene rings is 5. The molecule has 2 amide bonds. The summed E-state index contributed by atoms with van der Waals surface area (Å²) >= 11 is 0. The molecule has 5 aromatic carbocycles. The molecule has 5 aromatic rings. The first kappa shape index (κ1) is 32.2. The van der Waals surface area contributed by atoms with Crippen molar-refractivity contribution in [3.8, 4) is 11.5 Å². The lowest BCUT2D eigenvalue weighted by Gasteiger charge is -2.13. The van der Waals surface area contributed by atoms with Gasteiger partial charge in [0.1, 0.15) is 5.70 Å². The van der Waals surface area contributed by atoms with Crippen LogP contribution < -0.4 is 25.1 Å². The molecule has 9 heteroatoms. The van der Waals surface area contributed by atoms with Crippen molar-refractivity contribution in [1.29, 1.82) is 0 Å². The fourth-order valence-electron chi connectivity index (χ4n) is 4.72. The van der Waals surface area contributed by atoms with E-state index in [4.69, 9.17) is 9.47 Å². The van der Waals surface area contributed by atoms with E-state index in [9.17, 15) is 14.4 Å². The number of hydrogen-bond donors (Lipinski definition) is 2. The van der Waals surface area contributed by atoms with E-state index in [0.717, 1.165) is 16.5 Å². The van der Waals surface area contributed by atoms with Crippen LogP contribution in [0.2, 0.25) is 0 Å². The van der Waals surface area contributed by atoms with Gasteiger partial charge in [0, 0.05) is 25.3 Å². The number of nitrogens with zero attached hydrogens (tertiary/aromatic N) is 2. The Balaban J connectivity index is 1.32. The second-order valence-corrected chi connectivity index (χ2v) is 10.6. The van der Waals surface area contributed by atoms with Gasteiger partial charge in [0.05, 0.1) is 18.4 Å². The van der Waals surface area contributed by atoms with E-state index in [1.54, 1.807) is 60.7 Å². The van der Waals surface area contributed by atoms with Gasteiger partial charge in [0.25, 0.3) is 11.8 Å². The number of nitrogens with one attached hydrogen (secondary N) is 2. The van der Waals surface area contributed by atoms with Gasteiger partial charge in [0.2, 0.25) is 0 Å². The molecule has 9 nitrogen and oxygen atoms in total. The molecule has 0 spiro atoms. The molecule has 0 aliphatic carbocycles. The minimum absolute atomic E-state index is 0.0132. The first-order valence-corrected chi connectivity index (χ1v) is 15.0. The maximum atomic E-state index is 13.3. The largest absolute Gasteiger partial charge is 0.490 e. The van der Waals surface area contributed by atoms with Crippen LogP contribution in [-0.4, -0.2) is 44.7 Å². The van der Waals surface area contributed by atoms with Gasteiger partial charge >= 0.3 is 5.97 Å². The maximum absolute atomic E-state index is 13.3. The van der Waals surface area contributed by atoms with Crippen LogP contribution in [0, 0.1) is 0 Å². The predicted octanol–water partition coefficient (Wildman–Crippen LogP) is 6.44. The summed E-state index contributed by atoms with van der Waals surface area (Å²) in [5, 5.41) is 8.53. The molecule has 0 saturated carbocycles. The molecule has 0 atom stereocenters. The van der Waals surface area contributed by atoms with Crippen molar-refractivity contribution in [1.82, 2.24) is 10.7 Å². The number of hydrazone groups is 1. The van der Waals surface area contributed by atoms with Crippen molar-refractivity contribution in [3.05, 3.63) is 143 Å². The Morgan fingerprint density at radius 3 is 2.23 bits per heavy atom. The summed E-state index contributed by atoms with van der Waals surface area (Å²) in [6, 6.07) is 34.2. The van der Waals surface area contributed by atoms with E-state index in [0.29, 0.717) is 34.6 Å². The molecule has 0 unspecified atom stereocenters. The molecule has 5 rings (SSSR count). The number of ether oxygens (including phenoxy) is 2. The van der Waals surface area contributed by atoms with Gasteiger partial charge in [-0.3, -0.25) is 9.59 Å². The number of esters is 1. The molecule has 0 bridgehead atoms. The Morgan fingerprint density at radius 1 is 0.787 bits per heavy atom. The van der Waals surface area contributed by atoms with E-state index in [-0.39, 0.29) is 11.4 Å². The SMILES string of the molecule is CCOc1cc(C=NNC(=O)C(=Cc2ccc(N(C)C)cc2)NC(=O)c2ccccc2)ccc1OC(=O)c1cccc2ccccc12. The number of anilines is 1. The van der Waals surface area contributed by atoms with Crippen LogP contribution >= 0.6 is 0 Å². The molecule has 0 saturated heterocycles.